The molecule has 2 N–H and O–H groups in total. The van der Waals surface area contributed by atoms with Crippen LogP contribution in [0, 0.1) is 17.0 Å². The van der Waals surface area contributed by atoms with E-state index in [4.69, 9.17) is 10.5 Å². The van der Waals surface area contributed by atoms with Crippen LogP contribution in [0.1, 0.15) is 23.9 Å². The Hall–Kier alpha value is -2.41. The third kappa shape index (κ3) is 3.38. The van der Waals surface area contributed by atoms with Crippen molar-refractivity contribution in [3.8, 4) is 5.75 Å². The van der Waals surface area contributed by atoms with E-state index in [9.17, 15) is 10.1 Å². The lowest BCUT2D eigenvalue weighted by Gasteiger charge is -2.09. The Morgan fingerprint density at radius 3 is 2.81 bits per heavy atom. The molecule has 0 fully saturated rings. The Labute approximate surface area is 122 Å². The van der Waals surface area contributed by atoms with Crippen LogP contribution < -0.4 is 10.5 Å². The van der Waals surface area contributed by atoms with E-state index in [2.05, 4.69) is 5.10 Å². The molecule has 1 aromatic carbocycles. The van der Waals surface area contributed by atoms with Crippen LogP contribution in [0.3, 0.4) is 0 Å². The van der Waals surface area contributed by atoms with Crippen molar-refractivity contribution in [3.05, 3.63) is 51.3 Å². The van der Waals surface area contributed by atoms with Crippen LogP contribution in [-0.4, -0.2) is 14.7 Å². The molecule has 1 aromatic heterocycles. The zero-order valence-corrected chi connectivity index (χ0v) is 12.1. The van der Waals surface area contributed by atoms with Crippen LogP contribution in [0.4, 0.5) is 5.69 Å². The van der Waals surface area contributed by atoms with E-state index < -0.39 is 4.92 Å². The van der Waals surface area contributed by atoms with E-state index >= 15 is 0 Å². The van der Waals surface area contributed by atoms with Gasteiger partial charge in [-0.1, -0.05) is 6.07 Å². The van der Waals surface area contributed by atoms with E-state index in [1.807, 2.05) is 24.6 Å². The average Bonchev–Trinajstić information content (AvgIpc) is 2.84. The first kappa shape index (κ1) is 15.0. The zero-order valence-electron chi connectivity index (χ0n) is 12.1. The lowest BCUT2D eigenvalue weighted by molar-refractivity contribution is -0.386. The van der Waals surface area contributed by atoms with Gasteiger partial charge in [-0.2, -0.15) is 5.10 Å². The van der Waals surface area contributed by atoms with E-state index in [1.54, 1.807) is 12.1 Å². The van der Waals surface area contributed by atoms with Crippen molar-refractivity contribution in [2.75, 3.05) is 0 Å². The van der Waals surface area contributed by atoms with E-state index in [0.717, 1.165) is 17.9 Å². The fourth-order valence-corrected chi connectivity index (χ4v) is 2.10. The Bertz CT molecular complexity index is 652. The topological polar surface area (TPSA) is 96.2 Å². The number of nitrogens with zero attached hydrogens (tertiary/aromatic N) is 3. The Balaban J connectivity index is 2.21. The van der Waals surface area contributed by atoms with Gasteiger partial charge in [-0.05, 0) is 31.5 Å². The molecular formula is C14H18N4O3. The molecule has 0 radical (unpaired) electrons. The van der Waals surface area contributed by atoms with E-state index in [0.29, 0.717) is 5.56 Å². The zero-order chi connectivity index (χ0) is 15.4. The average molecular weight is 290 g/mol. The minimum atomic E-state index is -0.461. The number of hydrogen-bond acceptors (Lipinski definition) is 5. The second-order valence-electron chi connectivity index (χ2n) is 4.64. The molecule has 0 atom stereocenters. The smallest absolute Gasteiger partial charge is 0.311 e. The molecule has 0 saturated heterocycles. The number of ether oxygens (including phenoxy) is 1. The summed E-state index contributed by atoms with van der Waals surface area (Å²) in [5.41, 5.74) is 7.90. The second-order valence-corrected chi connectivity index (χ2v) is 4.64. The summed E-state index contributed by atoms with van der Waals surface area (Å²) in [5, 5.41) is 15.4. The molecule has 7 nitrogen and oxygen atoms in total. The fraction of sp³-hybridized carbons (Fsp3) is 0.357. The molecular weight excluding hydrogens is 272 g/mol. The van der Waals surface area contributed by atoms with Crippen molar-refractivity contribution in [1.82, 2.24) is 9.78 Å². The highest BCUT2D eigenvalue weighted by atomic mass is 16.6. The molecule has 0 unspecified atom stereocenters. The number of nitro benzene ring substituents is 1. The highest BCUT2D eigenvalue weighted by molar-refractivity contribution is 5.48. The molecule has 2 rings (SSSR count). The highest BCUT2D eigenvalue weighted by Crippen LogP contribution is 2.28. The summed E-state index contributed by atoms with van der Waals surface area (Å²) >= 11 is 0. The predicted molar refractivity (Wildman–Crippen MR) is 78.0 cm³/mol. The minimum Gasteiger partial charge on any atom is -0.480 e. The van der Waals surface area contributed by atoms with Gasteiger partial charge in [0.1, 0.15) is 6.61 Å². The summed E-state index contributed by atoms with van der Waals surface area (Å²) in [6.07, 6.45) is 0. The third-order valence-electron chi connectivity index (χ3n) is 3.12. The van der Waals surface area contributed by atoms with Gasteiger partial charge in [0.15, 0.2) is 5.75 Å². The molecule has 21 heavy (non-hydrogen) atoms. The molecule has 0 aliphatic carbocycles. The maximum absolute atomic E-state index is 11.1. The number of aryl methyl sites for hydroxylation is 2. The molecule has 2 aromatic rings. The van der Waals surface area contributed by atoms with Crippen molar-refractivity contribution < 1.29 is 9.66 Å². The lowest BCUT2D eigenvalue weighted by Crippen LogP contribution is -2.07. The maximum atomic E-state index is 11.1. The number of nitro groups is 1. The van der Waals surface area contributed by atoms with Gasteiger partial charge in [0.05, 0.1) is 16.3 Å². The first-order valence-corrected chi connectivity index (χ1v) is 6.68. The second kappa shape index (κ2) is 6.36. The molecule has 0 amide bonds. The summed E-state index contributed by atoms with van der Waals surface area (Å²) in [5.74, 6) is 0.235. The van der Waals surface area contributed by atoms with Crippen LogP contribution in [0.15, 0.2) is 24.3 Å². The Morgan fingerprint density at radius 1 is 1.43 bits per heavy atom. The largest absolute Gasteiger partial charge is 0.480 e. The maximum Gasteiger partial charge on any atom is 0.311 e. The lowest BCUT2D eigenvalue weighted by atomic mass is 10.2. The van der Waals surface area contributed by atoms with Gasteiger partial charge in [-0.3, -0.25) is 14.8 Å². The number of benzene rings is 1. The van der Waals surface area contributed by atoms with Crippen molar-refractivity contribution in [2.45, 2.75) is 33.5 Å². The first-order chi connectivity index (χ1) is 10.0. The number of nitrogens with two attached hydrogens (primary N) is 1. The Kier molecular flexibility index (Phi) is 4.54. The molecule has 7 heteroatoms. The van der Waals surface area contributed by atoms with Gasteiger partial charge >= 0.3 is 5.69 Å². The normalized spacial score (nSPS) is 10.6. The van der Waals surface area contributed by atoms with Crippen molar-refractivity contribution in [3.63, 3.8) is 0 Å². The van der Waals surface area contributed by atoms with Gasteiger partial charge in [0, 0.05) is 19.2 Å². The van der Waals surface area contributed by atoms with Gasteiger partial charge in [-0.25, -0.2) is 0 Å². The number of rotatable bonds is 6. The van der Waals surface area contributed by atoms with Crippen LogP contribution in [0.5, 0.6) is 5.75 Å². The first-order valence-electron chi connectivity index (χ1n) is 6.68. The molecule has 0 saturated carbocycles. The quantitative estimate of drug-likeness (QED) is 0.649. The summed E-state index contributed by atoms with van der Waals surface area (Å²) in [6.45, 7) is 5.09. The molecule has 0 spiro atoms. The number of hydrogen-bond donors (Lipinski definition) is 1. The fourth-order valence-electron chi connectivity index (χ4n) is 2.10. The molecule has 0 bridgehead atoms. The molecule has 0 aliphatic heterocycles. The standard InChI is InChI=1S/C14H18N4O3/c1-3-17-12(6-10(2)16-17)9-21-14-5-4-11(8-15)7-13(14)18(19)20/h4-7H,3,8-9,15H2,1-2H3. The van der Waals surface area contributed by atoms with Crippen LogP contribution in [0.25, 0.3) is 0 Å². The molecule has 1 heterocycles. The molecule has 0 aliphatic rings. The number of aromatic nitrogens is 2. The third-order valence-corrected chi connectivity index (χ3v) is 3.12. The van der Waals surface area contributed by atoms with Crippen LogP contribution in [0.2, 0.25) is 0 Å². The summed E-state index contributed by atoms with van der Waals surface area (Å²) in [6, 6.07) is 6.66. The Morgan fingerprint density at radius 2 is 2.19 bits per heavy atom. The summed E-state index contributed by atoms with van der Waals surface area (Å²) < 4.78 is 7.41. The van der Waals surface area contributed by atoms with E-state index in [1.165, 1.54) is 6.07 Å². The monoisotopic (exact) mass is 290 g/mol. The predicted octanol–water partition coefficient (Wildman–Crippen LogP) is 2.16. The highest BCUT2D eigenvalue weighted by Gasteiger charge is 2.16. The SMILES string of the molecule is CCn1nc(C)cc1COc1ccc(CN)cc1[N+](=O)[O-]. The van der Waals surface area contributed by atoms with Gasteiger partial charge in [-0.15, -0.1) is 0 Å². The van der Waals surface area contributed by atoms with Gasteiger partial charge < -0.3 is 10.5 Å². The van der Waals surface area contributed by atoms with Crippen LogP contribution >= 0.6 is 0 Å². The van der Waals surface area contributed by atoms with Crippen molar-refractivity contribution in [1.29, 1.82) is 0 Å². The van der Waals surface area contributed by atoms with Gasteiger partial charge in [0.2, 0.25) is 0 Å². The van der Waals surface area contributed by atoms with Crippen LogP contribution in [-0.2, 0) is 19.7 Å². The minimum absolute atomic E-state index is 0.0720. The van der Waals surface area contributed by atoms with Crippen molar-refractivity contribution >= 4 is 5.69 Å². The van der Waals surface area contributed by atoms with Gasteiger partial charge in [0.25, 0.3) is 0 Å². The molecule has 112 valence electrons. The van der Waals surface area contributed by atoms with Crippen molar-refractivity contribution in [2.24, 2.45) is 5.73 Å². The summed E-state index contributed by atoms with van der Waals surface area (Å²) in [7, 11) is 0. The summed E-state index contributed by atoms with van der Waals surface area (Å²) in [4.78, 5) is 10.6. The van der Waals surface area contributed by atoms with E-state index in [-0.39, 0.29) is 24.6 Å².